The standard InChI is InChI=1S/C10H16N2OS/c1-7-6-12-9(14-7)10(13)4-2-8(11)3-5-10/h6,8,13H,2-5,11H2,1H3. The molecule has 2 rings (SSSR count). The molecule has 0 aromatic carbocycles. The monoisotopic (exact) mass is 212 g/mol. The first-order valence-corrected chi connectivity index (χ1v) is 5.83. The molecule has 1 fully saturated rings. The van der Waals surface area contributed by atoms with Crippen LogP contribution in [-0.2, 0) is 5.60 Å². The highest BCUT2D eigenvalue weighted by Gasteiger charge is 2.36. The van der Waals surface area contributed by atoms with Crippen molar-refractivity contribution in [1.29, 1.82) is 0 Å². The Morgan fingerprint density at radius 1 is 1.57 bits per heavy atom. The molecule has 0 amide bonds. The molecule has 1 aromatic rings. The van der Waals surface area contributed by atoms with Crippen LogP contribution >= 0.6 is 11.3 Å². The van der Waals surface area contributed by atoms with E-state index in [9.17, 15) is 5.11 Å². The summed E-state index contributed by atoms with van der Waals surface area (Å²) in [5.41, 5.74) is 5.11. The van der Waals surface area contributed by atoms with Gasteiger partial charge in [0, 0.05) is 17.1 Å². The van der Waals surface area contributed by atoms with Crippen molar-refractivity contribution in [3.05, 3.63) is 16.1 Å². The van der Waals surface area contributed by atoms with Gasteiger partial charge in [-0.15, -0.1) is 11.3 Å². The molecule has 3 nitrogen and oxygen atoms in total. The van der Waals surface area contributed by atoms with Crippen LogP contribution in [0.15, 0.2) is 6.20 Å². The zero-order valence-corrected chi connectivity index (χ0v) is 9.18. The zero-order valence-electron chi connectivity index (χ0n) is 8.36. The summed E-state index contributed by atoms with van der Waals surface area (Å²) in [5.74, 6) is 0. The minimum absolute atomic E-state index is 0.260. The number of nitrogens with two attached hydrogens (primary N) is 1. The molecular weight excluding hydrogens is 196 g/mol. The molecule has 4 heteroatoms. The van der Waals surface area contributed by atoms with Crippen molar-refractivity contribution in [2.24, 2.45) is 5.73 Å². The van der Waals surface area contributed by atoms with E-state index in [1.165, 1.54) is 0 Å². The fourth-order valence-corrected chi connectivity index (χ4v) is 2.81. The van der Waals surface area contributed by atoms with Gasteiger partial charge in [-0.1, -0.05) is 0 Å². The normalized spacial score (nSPS) is 33.2. The van der Waals surface area contributed by atoms with Gasteiger partial charge in [0.25, 0.3) is 0 Å². The molecule has 0 radical (unpaired) electrons. The number of aryl methyl sites for hydroxylation is 1. The Balaban J connectivity index is 2.16. The number of aliphatic hydroxyl groups is 1. The zero-order chi connectivity index (χ0) is 10.2. The molecule has 3 N–H and O–H groups in total. The maximum atomic E-state index is 10.4. The van der Waals surface area contributed by atoms with E-state index in [-0.39, 0.29) is 6.04 Å². The molecule has 0 spiro atoms. The van der Waals surface area contributed by atoms with Crippen LogP contribution in [0.4, 0.5) is 0 Å². The highest BCUT2D eigenvalue weighted by molar-refractivity contribution is 7.11. The van der Waals surface area contributed by atoms with Crippen molar-refractivity contribution < 1.29 is 5.11 Å². The summed E-state index contributed by atoms with van der Waals surface area (Å²) in [6.07, 6.45) is 5.12. The van der Waals surface area contributed by atoms with Gasteiger partial charge in [0.05, 0.1) is 0 Å². The third-order valence-corrected chi connectivity index (χ3v) is 3.98. The molecule has 1 heterocycles. The largest absolute Gasteiger partial charge is 0.383 e. The van der Waals surface area contributed by atoms with Gasteiger partial charge in [-0.2, -0.15) is 0 Å². The minimum atomic E-state index is -0.700. The molecule has 1 aliphatic rings. The summed E-state index contributed by atoms with van der Waals surface area (Å²) in [5, 5.41) is 11.2. The van der Waals surface area contributed by atoms with Crippen LogP contribution in [0.1, 0.15) is 35.6 Å². The fraction of sp³-hybridized carbons (Fsp3) is 0.700. The first-order valence-electron chi connectivity index (χ1n) is 5.01. The Bertz CT molecular complexity index is 316. The van der Waals surface area contributed by atoms with Gasteiger partial charge in [-0.3, -0.25) is 0 Å². The van der Waals surface area contributed by atoms with Gasteiger partial charge in [0.2, 0.25) is 0 Å². The highest BCUT2D eigenvalue weighted by atomic mass is 32.1. The lowest BCUT2D eigenvalue weighted by molar-refractivity contribution is -0.00513. The summed E-state index contributed by atoms with van der Waals surface area (Å²) in [6.45, 7) is 2.01. The molecule has 1 saturated carbocycles. The lowest BCUT2D eigenvalue weighted by atomic mass is 9.83. The third kappa shape index (κ3) is 1.82. The van der Waals surface area contributed by atoms with Crippen LogP contribution in [0.2, 0.25) is 0 Å². The molecule has 0 unspecified atom stereocenters. The van der Waals surface area contributed by atoms with Gasteiger partial charge in [0.15, 0.2) is 0 Å². The van der Waals surface area contributed by atoms with Crippen LogP contribution in [0, 0.1) is 6.92 Å². The van der Waals surface area contributed by atoms with Crippen molar-refractivity contribution in [3.8, 4) is 0 Å². The van der Waals surface area contributed by atoms with E-state index >= 15 is 0 Å². The quantitative estimate of drug-likeness (QED) is 0.742. The number of thiazole rings is 1. The molecule has 0 bridgehead atoms. The van der Waals surface area contributed by atoms with E-state index in [0.29, 0.717) is 0 Å². The van der Waals surface area contributed by atoms with Crippen molar-refractivity contribution in [2.75, 3.05) is 0 Å². The lowest BCUT2D eigenvalue weighted by Crippen LogP contribution is -2.36. The smallest absolute Gasteiger partial charge is 0.125 e. The second-order valence-corrected chi connectivity index (χ2v) is 5.38. The Kier molecular flexibility index (Phi) is 2.60. The second kappa shape index (κ2) is 3.61. The molecule has 1 aromatic heterocycles. The van der Waals surface area contributed by atoms with E-state index in [1.54, 1.807) is 11.3 Å². The number of aromatic nitrogens is 1. The van der Waals surface area contributed by atoms with Gasteiger partial charge in [-0.05, 0) is 32.6 Å². The predicted molar refractivity (Wildman–Crippen MR) is 57.2 cm³/mol. The van der Waals surface area contributed by atoms with Crippen molar-refractivity contribution in [3.63, 3.8) is 0 Å². The van der Waals surface area contributed by atoms with Crippen LogP contribution in [-0.4, -0.2) is 16.1 Å². The fourth-order valence-electron chi connectivity index (χ4n) is 1.90. The summed E-state index contributed by atoms with van der Waals surface area (Å²) in [6, 6.07) is 0.260. The summed E-state index contributed by atoms with van der Waals surface area (Å²) in [4.78, 5) is 5.42. The SMILES string of the molecule is Cc1cnc(C2(O)CCC(N)CC2)s1. The molecule has 0 saturated heterocycles. The molecule has 14 heavy (non-hydrogen) atoms. The van der Waals surface area contributed by atoms with E-state index in [4.69, 9.17) is 5.73 Å². The van der Waals surface area contributed by atoms with Gasteiger partial charge < -0.3 is 10.8 Å². The van der Waals surface area contributed by atoms with Crippen LogP contribution in [0.25, 0.3) is 0 Å². The molecule has 0 atom stereocenters. The number of nitrogens with zero attached hydrogens (tertiary/aromatic N) is 1. The van der Waals surface area contributed by atoms with Gasteiger partial charge in [0.1, 0.15) is 10.6 Å². The molecule has 1 aliphatic carbocycles. The van der Waals surface area contributed by atoms with Gasteiger partial charge in [-0.25, -0.2) is 4.98 Å². The molecular formula is C10H16N2OS. The maximum Gasteiger partial charge on any atom is 0.125 e. The summed E-state index contributed by atoms with van der Waals surface area (Å²) < 4.78 is 0. The first kappa shape index (κ1) is 10.1. The Labute approximate surface area is 88.0 Å². The van der Waals surface area contributed by atoms with Crippen molar-refractivity contribution in [1.82, 2.24) is 4.98 Å². The Morgan fingerprint density at radius 3 is 2.71 bits per heavy atom. The van der Waals surface area contributed by atoms with E-state index in [2.05, 4.69) is 4.98 Å². The maximum absolute atomic E-state index is 10.4. The van der Waals surface area contributed by atoms with Crippen LogP contribution in [0.3, 0.4) is 0 Å². The van der Waals surface area contributed by atoms with Crippen molar-refractivity contribution in [2.45, 2.75) is 44.2 Å². The van der Waals surface area contributed by atoms with E-state index in [0.717, 1.165) is 35.6 Å². The Morgan fingerprint density at radius 2 is 2.21 bits per heavy atom. The number of hydrogen-bond donors (Lipinski definition) is 2. The van der Waals surface area contributed by atoms with E-state index < -0.39 is 5.60 Å². The first-order chi connectivity index (χ1) is 6.60. The summed E-state index contributed by atoms with van der Waals surface area (Å²) in [7, 11) is 0. The van der Waals surface area contributed by atoms with Crippen LogP contribution < -0.4 is 5.73 Å². The molecule has 78 valence electrons. The Hall–Kier alpha value is -0.450. The third-order valence-electron chi connectivity index (χ3n) is 2.88. The van der Waals surface area contributed by atoms with Crippen LogP contribution in [0.5, 0.6) is 0 Å². The summed E-state index contributed by atoms with van der Waals surface area (Å²) >= 11 is 1.59. The molecule has 0 aliphatic heterocycles. The van der Waals surface area contributed by atoms with E-state index in [1.807, 2.05) is 13.1 Å². The topological polar surface area (TPSA) is 59.1 Å². The number of rotatable bonds is 1. The second-order valence-electron chi connectivity index (χ2n) is 4.15. The van der Waals surface area contributed by atoms with Crippen molar-refractivity contribution >= 4 is 11.3 Å². The predicted octanol–water partition coefficient (Wildman–Crippen LogP) is 1.54. The minimum Gasteiger partial charge on any atom is -0.383 e. The average molecular weight is 212 g/mol. The number of hydrogen-bond acceptors (Lipinski definition) is 4. The average Bonchev–Trinajstić information content (AvgIpc) is 2.58. The highest BCUT2D eigenvalue weighted by Crippen LogP contribution is 2.38. The van der Waals surface area contributed by atoms with Gasteiger partial charge >= 0.3 is 0 Å². The lowest BCUT2D eigenvalue weighted by Gasteiger charge is -2.32.